The quantitative estimate of drug-likeness (QED) is 0.772. The second-order valence-corrected chi connectivity index (χ2v) is 8.03. The van der Waals surface area contributed by atoms with Gasteiger partial charge in [-0.2, -0.15) is 0 Å². The molecule has 5 heteroatoms. The normalized spacial score (nSPS) is 16.9. The molecule has 2 fully saturated rings. The van der Waals surface area contributed by atoms with Gasteiger partial charge in [-0.05, 0) is 61.6 Å². The number of benzene rings is 2. The first-order valence-electron chi connectivity index (χ1n) is 10.6. The molecule has 5 nitrogen and oxygen atoms in total. The molecular formula is C24H29N3O2. The van der Waals surface area contributed by atoms with Crippen LogP contribution in [-0.4, -0.2) is 43.4 Å². The van der Waals surface area contributed by atoms with Crippen LogP contribution in [-0.2, 0) is 11.3 Å². The molecule has 152 valence electrons. The fraction of sp³-hybridized carbons (Fsp3) is 0.417. The largest absolute Gasteiger partial charge is 0.371 e. The summed E-state index contributed by atoms with van der Waals surface area (Å²) in [5, 5.41) is 0. The summed E-state index contributed by atoms with van der Waals surface area (Å²) in [4.78, 5) is 31.1. The van der Waals surface area contributed by atoms with Crippen LogP contribution in [0.15, 0.2) is 48.5 Å². The minimum atomic E-state index is -0.00209. The van der Waals surface area contributed by atoms with E-state index in [1.54, 1.807) is 4.90 Å². The average molecular weight is 392 g/mol. The number of rotatable bonds is 5. The Morgan fingerprint density at radius 2 is 1.62 bits per heavy atom. The van der Waals surface area contributed by atoms with Crippen molar-refractivity contribution in [3.63, 3.8) is 0 Å². The van der Waals surface area contributed by atoms with Crippen molar-refractivity contribution in [2.75, 3.05) is 36.5 Å². The lowest BCUT2D eigenvalue weighted by Crippen LogP contribution is -2.35. The molecular weight excluding hydrogens is 362 g/mol. The van der Waals surface area contributed by atoms with Crippen molar-refractivity contribution >= 4 is 23.2 Å². The summed E-state index contributed by atoms with van der Waals surface area (Å²) < 4.78 is 0. The number of amides is 2. The molecule has 0 aromatic heterocycles. The second-order valence-electron chi connectivity index (χ2n) is 8.03. The smallest absolute Gasteiger partial charge is 0.253 e. The van der Waals surface area contributed by atoms with E-state index in [9.17, 15) is 9.59 Å². The number of hydrogen-bond donors (Lipinski definition) is 0. The zero-order chi connectivity index (χ0) is 20.2. The van der Waals surface area contributed by atoms with Gasteiger partial charge >= 0.3 is 0 Å². The Balaban J connectivity index is 1.45. The van der Waals surface area contributed by atoms with Crippen LogP contribution in [0.3, 0.4) is 0 Å². The molecule has 0 N–H and O–H groups in total. The lowest BCUT2D eigenvalue weighted by Gasteiger charge is -2.27. The van der Waals surface area contributed by atoms with Crippen molar-refractivity contribution in [1.82, 2.24) is 4.90 Å². The maximum atomic E-state index is 13.0. The highest BCUT2D eigenvalue weighted by Crippen LogP contribution is 2.26. The fourth-order valence-electron chi connectivity index (χ4n) is 4.32. The molecule has 0 atom stereocenters. The summed E-state index contributed by atoms with van der Waals surface area (Å²) in [5.74, 6) is 0.170. The Morgan fingerprint density at radius 3 is 2.34 bits per heavy atom. The molecule has 29 heavy (non-hydrogen) atoms. The summed E-state index contributed by atoms with van der Waals surface area (Å²) in [7, 11) is 1.85. The molecule has 2 aliphatic rings. The number of carbonyl (C=O) groups is 2. The first kappa shape index (κ1) is 19.5. The van der Waals surface area contributed by atoms with Gasteiger partial charge in [0.2, 0.25) is 5.91 Å². The molecule has 2 aromatic carbocycles. The van der Waals surface area contributed by atoms with Gasteiger partial charge in [-0.25, -0.2) is 0 Å². The summed E-state index contributed by atoms with van der Waals surface area (Å²) >= 11 is 0. The molecule has 0 bridgehead atoms. The third kappa shape index (κ3) is 4.29. The highest BCUT2D eigenvalue weighted by molar-refractivity contribution is 5.97. The molecule has 2 aliphatic heterocycles. The van der Waals surface area contributed by atoms with E-state index in [-0.39, 0.29) is 11.8 Å². The SMILES string of the molecule is CN(Cc1ccccc1N1CCCC1)C(=O)c1ccc(N2CCCCC2=O)cc1. The van der Waals surface area contributed by atoms with Crippen LogP contribution in [0.5, 0.6) is 0 Å². The summed E-state index contributed by atoms with van der Waals surface area (Å²) in [6, 6.07) is 15.8. The average Bonchev–Trinajstić information content (AvgIpc) is 3.29. The van der Waals surface area contributed by atoms with Crippen LogP contribution in [0, 0.1) is 0 Å². The first-order valence-corrected chi connectivity index (χ1v) is 10.6. The van der Waals surface area contributed by atoms with Crippen LogP contribution in [0.4, 0.5) is 11.4 Å². The lowest BCUT2D eigenvalue weighted by molar-refractivity contribution is -0.119. The van der Waals surface area contributed by atoms with Crippen molar-refractivity contribution < 1.29 is 9.59 Å². The first-order chi connectivity index (χ1) is 14.1. The fourth-order valence-corrected chi connectivity index (χ4v) is 4.32. The Morgan fingerprint density at radius 1 is 0.931 bits per heavy atom. The maximum Gasteiger partial charge on any atom is 0.253 e. The number of para-hydroxylation sites is 1. The predicted octanol–water partition coefficient (Wildman–Crippen LogP) is 4.08. The number of nitrogens with zero attached hydrogens (tertiary/aromatic N) is 3. The second kappa shape index (κ2) is 8.68. The van der Waals surface area contributed by atoms with E-state index in [1.807, 2.05) is 42.3 Å². The molecule has 0 aliphatic carbocycles. The molecule has 0 spiro atoms. The standard InChI is InChI=1S/C24H29N3O2/c1-25(18-20-8-2-3-9-22(20)26-15-6-7-16-26)24(29)19-11-13-21(14-12-19)27-17-5-4-10-23(27)28/h2-3,8-9,11-14H,4-7,10,15-18H2,1H3. The van der Waals surface area contributed by atoms with Gasteiger partial charge in [-0.1, -0.05) is 18.2 Å². The van der Waals surface area contributed by atoms with Gasteiger partial charge in [-0.3, -0.25) is 9.59 Å². The van der Waals surface area contributed by atoms with E-state index in [0.717, 1.165) is 38.2 Å². The third-order valence-electron chi connectivity index (χ3n) is 5.94. The molecule has 2 heterocycles. The molecule has 0 unspecified atom stereocenters. The molecule has 2 saturated heterocycles. The van der Waals surface area contributed by atoms with Crippen molar-refractivity contribution in [2.24, 2.45) is 0 Å². The van der Waals surface area contributed by atoms with E-state index in [0.29, 0.717) is 18.5 Å². The van der Waals surface area contributed by atoms with Crippen LogP contribution >= 0.6 is 0 Å². The molecule has 0 radical (unpaired) electrons. The Labute approximate surface area is 172 Å². The van der Waals surface area contributed by atoms with E-state index in [1.165, 1.54) is 24.1 Å². The molecule has 2 amide bonds. The van der Waals surface area contributed by atoms with Crippen molar-refractivity contribution in [2.45, 2.75) is 38.6 Å². The molecule has 2 aromatic rings. The lowest BCUT2D eigenvalue weighted by atomic mass is 10.1. The third-order valence-corrected chi connectivity index (χ3v) is 5.94. The summed E-state index contributed by atoms with van der Waals surface area (Å²) in [6.07, 6.45) is 5.07. The maximum absolute atomic E-state index is 13.0. The minimum absolute atomic E-state index is 0.00209. The van der Waals surface area contributed by atoms with E-state index < -0.39 is 0 Å². The van der Waals surface area contributed by atoms with Crippen molar-refractivity contribution in [3.8, 4) is 0 Å². The predicted molar refractivity (Wildman–Crippen MR) is 116 cm³/mol. The van der Waals surface area contributed by atoms with Crippen LogP contribution in [0.2, 0.25) is 0 Å². The van der Waals surface area contributed by atoms with Crippen LogP contribution in [0.25, 0.3) is 0 Å². The minimum Gasteiger partial charge on any atom is -0.371 e. The highest BCUT2D eigenvalue weighted by atomic mass is 16.2. The Kier molecular flexibility index (Phi) is 5.84. The van der Waals surface area contributed by atoms with Crippen LogP contribution in [0.1, 0.15) is 48.0 Å². The number of carbonyl (C=O) groups excluding carboxylic acids is 2. The van der Waals surface area contributed by atoms with Gasteiger partial charge in [0.05, 0.1) is 0 Å². The van der Waals surface area contributed by atoms with Gasteiger partial charge in [-0.15, -0.1) is 0 Å². The summed E-state index contributed by atoms with van der Waals surface area (Å²) in [6.45, 7) is 3.52. The van der Waals surface area contributed by atoms with E-state index >= 15 is 0 Å². The van der Waals surface area contributed by atoms with Gasteiger partial charge in [0.1, 0.15) is 0 Å². The van der Waals surface area contributed by atoms with Gasteiger partial charge in [0, 0.05) is 56.6 Å². The molecule has 4 rings (SSSR count). The topological polar surface area (TPSA) is 43.9 Å². The van der Waals surface area contributed by atoms with E-state index in [4.69, 9.17) is 0 Å². The van der Waals surface area contributed by atoms with Gasteiger partial charge in [0.25, 0.3) is 5.91 Å². The number of hydrogen-bond acceptors (Lipinski definition) is 3. The zero-order valence-electron chi connectivity index (χ0n) is 17.1. The number of piperidine rings is 1. The van der Waals surface area contributed by atoms with Crippen molar-refractivity contribution in [3.05, 3.63) is 59.7 Å². The number of anilines is 2. The summed E-state index contributed by atoms with van der Waals surface area (Å²) in [5.41, 5.74) is 3.96. The highest BCUT2D eigenvalue weighted by Gasteiger charge is 2.21. The van der Waals surface area contributed by atoms with Gasteiger partial charge in [0.15, 0.2) is 0 Å². The van der Waals surface area contributed by atoms with Gasteiger partial charge < -0.3 is 14.7 Å². The monoisotopic (exact) mass is 391 g/mol. The molecule has 0 saturated carbocycles. The van der Waals surface area contributed by atoms with E-state index in [2.05, 4.69) is 23.1 Å². The zero-order valence-corrected chi connectivity index (χ0v) is 17.1. The Bertz CT molecular complexity index is 872. The Hall–Kier alpha value is -2.82. The van der Waals surface area contributed by atoms with Crippen LogP contribution < -0.4 is 9.80 Å². The van der Waals surface area contributed by atoms with Crippen molar-refractivity contribution in [1.29, 1.82) is 0 Å².